The van der Waals surface area contributed by atoms with E-state index in [0.717, 1.165) is 19.6 Å². The van der Waals surface area contributed by atoms with Crippen LogP contribution in [0, 0.1) is 0 Å². The standard InChI is InChI=1S/C24H32N4O2S/c29-21(25-18-24(12-6-2-7-13-24)28-14-8-3-9-15-28)16-20-17-31-23(26-20)27-22(30)19-10-4-1-5-11-19/h1,4-5,10-11,17H,2-3,6-9,12-16,18H2,(H,25,29)(H,26,27,30). The Balaban J connectivity index is 1.30. The first-order chi connectivity index (χ1) is 15.1. The van der Waals surface area contributed by atoms with Crippen molar-refractivity contribution in [3.63, 3.8) is 0 Å². The Labute approximate surface area is 188 Å². The lowest BCUT2D eigenvalue weighted by atomic mass is 9.79. The highest BCUT2D eigenvalue weighted by Gasteiger charge is 2.38. The smallest absolute Gasteiger partial charge is 0.257 e. The fourth-order valence-corrected chi connectivity index (χ4v) is 5.58. The average molecular weight is 441 g/mol. The molecule has 2 heterocycles. The van der Waals surface area contributed by atoms with Gasteiger partial charge in [-0.25, -0.2) is 4.98 Å². The molecule has 2 aromatic rings. The van der Waals surface area contributed by atoms with Gasteiger partial charge in [0.25, 0.3) is 5.91 Å². The molecule has 2 fully saturated rings. The molecule has 0 unspecified atom stereocenters. The largest absolute Gasteiger partial charge is 0.354 e. The Morgan fingerprint density at radius 1 is 1.00 bits per heavy atom. The molecule has 2 aliphatic rings. The van der Waals surface area contributed by atoms with Gasteiger partial charge < -0.3 is 5.32 Å². The molecule has 4 rings (SSSR count). The number of aromatic nitrogens is 1. The molecule has 0 spiro atoms. The monoisotopic (exact) mass is 440 g/mol. The molecule has 1 aromatic heterocycles. The van der Waals surface area contributed by atoms with E-state index in [9.17, 15) is 9.59 Å². The summed E-state index contributed by atoms with van der Waals surface area (Å²) in [6.07, 6.45) is 10.3. The first kappa shape index (κ1) is 22.0. The van der Waals surface area contributed by atoms with Gasteiger partial charge in [-0.2, -0.15) is 0 Å². The van der Waals surface area contributed by atoms with Gasteiger partial charge in [-0.3, -0.25) is 19.8 Å². The van der Waals surface area contributed by atoms with Crippen molar-refractivity contribution in [2.45, 2.75) is 63.3 Å². The van der Waals surface area contributed by atoms with Crippen molar-refractivity contribution in [2.75, 3.05) is 25.0 Å². The number of amides is 2. The van der Waals surface area contributed by atoms with Crippen LogP contribution in [0.5, 0.6) is 0 Å². The van der Waals surface area contributed by atoms with Crippen molar-refractivity contribution in [1.82, 2.24) is 15.2 Å². The minimum Gasteiger partial charge on any atom is -0.354 e. The second-order valence-corrected chi connectivity index (χ2v) is 9.61. The van der Waals surface area contributed by atoms with E-state index in [1.54, 1.807) is 12.1 Å². The summed E-state index contributed by atoms with van der Waals surface area (Å²) < 4.78 is 0. The van der Waals surface area contributed by atoms with Crippen molar-refractivity contribution in [2.24, 2.45) is 0 Å². The van der Waals surface area contributed by atoms with Crippen molar-refractivity contribution in [3.05, 3.63) is 47.0 Å². The maximum Gasteiger partial charge on any atom is 0.257 e. The van der Waals surface area contributed by atoms with E-state index in [0.29, 0.717) is 16.4 Å². The number of thiazole rings is 1. The fraction of sp³-hybridized carbons (Fsp3) is 0.542. The number of anilines is 1. The number of carbonyl (C=O) groups excluding carboxylic acids is 2. The van der Waals surface area contributed by atoms with Crippen LogP contribution < -0.4 is 10.6 Å². The van der Waals surface area contributed by atoms with E-state index < -0.39 is 0 Å². The number of nitrogens with zero attached hydrogens (tertiary/aromatic N) is 2. The zero-order valence-electron chi connectivity index (χ0n) is 18.1. The van der Waals surface area contributed by atoms with Crippen molar-refractivity contribution >= 4 is 28.3 Å². The molecule has 1 aromatic carbocycles. The summed E-state index contributed by atoms with van der Waals surface area (Å²) in [5.41, 5.74) is 1.42. The van der Waals surface area contributed by atoms with E-state index >= 15 is 0 Å². The van der Waals surface area contributed by atoms with Crippen molar-refractivity contribution < 1.29 is 9.59 Å². The fourth-order valence-electron chi connectivity index (χ4n) is 4.88. The molecule has 2 N–H and O–H groups in total. The lowest BCUT2D eigenvalue weighted by molar-refractivity contribution is -0.121. The first-order valence-electron chi connectivity index (χ1n) is 11.5. The zero-order chi connectivity index (χ0) is 21.5. The van der Waals surface area contributed by atoms with Crippen LogP contribution in [0.1, 0.15) is 67.4 Å². The van der Waals surface area contributed by atoms with E-state index in [4.69, 9.17) is 0 Å². The Morgan fingerprint density at radius 2 is 1.71 bits per heavy atom. The topological polar surface area (TPSA) is 74.3 Å². The molecule has 0 radical (unpaired) electrons. The van der Waals surface area contributed by atoms with Gasteiger partial charge in [-0.05, 0) is 50.9 Å². The second kappa shape index (κ2) is 10.4. The van der Waals surface area contributed by atoms with Crippen LogP contribution in [0.15, 0.2) is 35.7 Å². The SMILES string of the molecule is O=C(Cc1csc(NC(=O)c2ccccc2)n1)NCC1(N2CCCCC2)CCCCC1. The molecule has 1 saturated carbocycles. The second-order valence-electron chi connectivity index (χ2n) is 8.75. The third-order valence-corrected chi connectivity index (χ3v) is 7.38. The quantitative estimate of drug-likeness (QED) is 0.675. The molecule has 1 aliphatic heterocycles. The molecule has 0 atom stereocenters. The van der Waals surface area contributed by atoms with Crippen molar-refractivity contribution in [1.29, 1.82) is 0 Å². The normalized spacial score (nSPS) is 19.0. The van der Waals surface area contributed by atoms with Crippen LogP contribution >= 0.6 is 11.3 Å². The van der Waals surface area contributed by atoms with Crippen LogP contribution in [-0.2, 0) is 11.2 Å². The summed E-state index contributed by atoms with van der Waals surface area (Å²) in [5.74, 6) is -0.181. The summed E-state index contributed by atoms with van der Waals surface area (Å²) in [4.78, 5) is 32.0. The molecule has 1 aliphatic carbocycles. The molecule has 31 heavy (non-hydrogen) atoms. The van der Waals surface area contributed by atoms with Gasteiger partial charge in [0.05, 0.1) is 12.1 Å². The highest BCUT2D eigenvalue weighted by Crippen LogP contribution is 2.35. The van der Waals surface area contributed by atoms with Gasteiger partial charge in [0, 0.05) is 23.0 Å². The minimum atomic E-state index is -0.188. The molecule has 6 nitrogen and oxygen atoms in total. The van der Waals surface area contributed by atoms with Crippen LogP contribution in [0.4, 0.5) is 5.13 Å². The summed E-state index contributed by atoms with van der Waals surface area (Å²) in [5, 5.41) is 8.40. The Kier molecular flexibility index (Phi) is 7.35. The lowest BCUT2D eigenvalue weighted by Gasteiger charge is -2.48. The van der Waals surface area contributed by atoms with E-state index in [1.807, 2.05) is 23.6 Å². The summed E-state index contributed by atoms with van der Waals surface area (Å²) >= 11 is 1.35. The summed E-state index contributed by atoms with van der Waals surface area (Å²) in [7, 11) is 0. The molecule has 1 saturated heterocycles. The number of hydrogen-bond donors (Lipinski definition) is 2. The van der Waals surface area contributed by atoms with Gasteiger partial charge >= 0.3 is 0 Å². The van der Waals surface area contributed by atoms with Gasteiger partial charge in [0.2, 0.25) is 5.91 Å². The zero-order valence-corrected chi connectivity index (χ0v) is 18.9. The van der Waals surface area contributed by atoms with Crippen LogP contribution in [0.25, 0.3) is 0 Å². The molecular weight excluding hydrogens is 408 g/mol. The number of hydrogen-bond acceptors (Lipinski definition) is 5. The van der Waals surface area contributed by atoms with Crippen LogP contribution in [0.3, 0.4) is 0 Å². The highest BCUT2D eigenvalue weighted by molar-refractivity contribution is 7.14. The van der Waals surface area contributed by atoms with Crippen LogP contribution in [0.2, 0.25) is 0 Å². The summed E-state index contributed by atoms with van der Waals surface area (Å²) in [6.45, 7) is 3.05. The number of piperidine rings is 1. The summed E-state index contributed by atoms with van der Waals surface area (Å²) in [6, 6.07) is 9.06. The number of carbonyl (C=O) groups is 2. The average Bonchev–Trinajstić information content (AvgIpc) is 3.26. The Bertz CT molecular complexity index is 871. The molecule has 0 bridgehead atoms. The maximum atomic E-state index is 12.7. The predicted octanol–water partition coefficient (Wildman–Crippen LogP) is 4.24. The number of rotatable bonds is 7. The van der Waals surface area contributed by atoms with Crippen LogP contribution in [-0.4, -0.2) is 46.9 Å². The molecule has 2 amide bonds. The third kappa shape index (κ3) is 5.71. The van der Waals surface area contributed by atoms with Crippen molar-refractivity contribution in [3.8, 4) is 0 Å². The number of likely N-dealkylation sites (tertiary alicyclic amines) is 1. The van der Waals surface area contributed by atoms with Gasteiger partial charge in [0.15, 0.2) is 5.13 Å². The van der Waals surface area contributed by atoms with Gasteiger partial charge in [-0.1, -0.05) is 43.9 Å². The highest BCUT2D eigenvalue weighted by atomic mass is 32.1. The number of benzene rings is 1. The van der Waals surface area contributed by atoms with E-state index in [1.165, 1.54) is 62.7 Å². The predicted molar refractivity (Wildman–Crippen MR) is 124 cm³/mol. The van der Waals surface area contributed by atoms with Gasteiger partial charge in [0.1, 0.15) is 0 Å². The molecule has 166 valence electrons. The van der Waals surface area contributed by atoms with E-state index in [2.05, 4.69) is 20.5 Å². The minimum absolute atomic E-state index is 0.00759. The van der Waals surface area contributed by atoms with Gasteiger partial charge in [-0.15, -0.1) is 11.3 Å². The van der Waals surface area contributed by atoms with E-state index in [-0.39, 0.29) is 23.8 Å². The molecule has 7 heteroatoms. The number of nitrogens with one attached hydrogen (secondary N) is 2. The molecular formula is C24H32N4O2S. The Hall–Kier alpha value is -2.25. The lowest BCUT2D eigenvalue weighted by Crippen LogP contribution is -2.58. The Morgan fingerprint density at radius 3 is 2.45 bits per heavy atom. The first-order valence-corrected chi connectivity index (χ1v) is 12.4. The third-order valence-electron chi connectivity index (χ3n) is 6.58. The maximum absolute atomic E-state index is 12.7.